The minimum Gasteiger partial charge on any atom is -0.748 e. The molecular formula is C5H10ClNaO4S. The van der Waals surface area contributed by atoms with Crippen molar-refractivity contribution >= 4 is 21.7 Å². The maximum absolute atomic E-state index is 10.0. The Labute approximate surface area is 99.7 Å². The molecule has 68 valence electrons. The maximum Gasteiger partial charge on any atom is 1.00 e. The van der Waals surface area contributed by atoms with E-state index in [4.69, 9.17) is 16.3 Å². The minimum absolute atomic E-state index is 0. The van der Waals surface area contributed by atoms with Gasteiger partial charge in [-0.2, -0.15) is 0 Å². The van der Waals surface area contributed by atoms with Crippen LogP contribution in [0.15, 0.2) is 0 Å². The average molecular weight is 225 g/mol. The molecule has 0 saturated carbocycles. The van der Waals surface area contributed by atoms with E-state index in [9.17, 15) is 13.0 Å². The van der Waals surface area contributed by atoms with Crippen LogP contribution in [0.1, 0.15) is 6.42 Å². The Kier molecular flexibility index (Phi) is 11.4. The zero-order valence-electron chi connectivity index (χ0n) is 6.95. The summed E-state index contributed by atoms with van der Waals surface area (Å²) >= 11 is 5.27. The molecular weight excluding hydrogens is 215 g/mol. The van der Waals surface area contributed by atoms with E-state index in [0.717, 1.165) is 0 Å². The van der Waals surface area contributed by atoms with E-state index >= 15 is 0 Å². The van der Waals surface area contributed by atoms with E-state index in [-0.39, 0.29) is 48.3 Å². The van der Waals surface area contributed by atoms with Crippen LogP contribution < -0.4 is 29.6 Å². The fourth-order valence-corrected chi connectivity index (χ4v) is 1.07. The van der Waals surface area contributed by atoms with Crippen molar-refractivity contribution < 1.29 is 47.3 Å². The van der Waals surface area contributed by atoms with Crippen molar-refractivity contribution in [2.24, 2.45) is 0 Å². The number of hydrogen-bond donors (Lipinski definition) is 0. The van der Waals surface area contributed by atoms with Crippen molar-refractivity contribution in [2.75, 3.05) is 24.8 Å². The second kappa shape index (κ2) is 8.74. The summed E-state index contributed by atoms with van der Waals surface area (Å²) in [4.78, 5) is 0. The summed E-state index contributed by atoms with van der Waals surface area (Å²) in [5.74, 6) is 0.0133. The van der Waals surface area contributed by atoms with Crippen molar-refractivity contribution in [3.63, 3.8) is 0 Å². The molecule has 4 nitrogen and oxygen atoms in total. The molecule has 0 aromatic rings. The van der Waals surface area contributed by atoms with Crippen LogP contribution >= 0.6 is 11.6 Å². The molecule has 0 bridgehead atoms. The molecule has 0 saturated heterocycles. The van der Waals surface area contributed by atoms with E-state index in [0.29, 0.717) is 12.5 Å². The van der Waals surface area contributed by atoms with Gasteiger partial charge in [0, 0.05) is 18.2 Å². The molecule has 0 spiro atoms. The molecule has 0 unspecified atom stereocenters. The summed E-state index contributed by atoms with van der Waals surface area (Å²) in [6, 6.07) is 0. The van der Waals surface area contributed by atoms with Crippen LogP contribution in [0.5, 0.6) is 0 Å². The zero-order chi connectivity index (χ0) is 8.74. The summed E-state index contributed by atoms with van der Waals surface area (Å²) in [7, 11) is -4.07. The van der Waals surface area contributed by atoms with Gasteiger partial charge in [0.2, 0.25) is 0 Å². The van der Waals surface area contributed by atoms with Gasteiger partial charge >= 0.3 is 29.6 Å². The predicted octanol–water partition coefficient (Wildman–Crippen LogP) is -2.82. The first kappa shape index (κ1) is 15.6. The maximum atomic E-state index is 10.0. The standard InChI is InChI=1S/C5H11ClO4S.Na/c6-2-4-10-3-1-5-11(7,8)9;/h1-5H2,(H,7,8,9);/q;+1/p-1. The van der Waals surface area contributed by atoms with Gasteiger partial charge in [-0.25, -0.2) is 8.42 Å². The van der Waals surface area contributed by atoms with Crippen LogP contribution in [-0.4, -0.2) is 37.8 Å². The van der Waals surface area contributed by atoms with Crippen LogP contribution in [0, 0.1) is 0 Å². The summed E-state index contributed by atoms with van der Waals surface area (Å²) in [5.41, 5.74) is 0. The minimum atomic E-state index is -4.07. The van der Waals surface area contributed by atoms with Gasteiger partial charge in [-0.1, -0.05) is 0 Å². The Morgan fingerprint density at radius 2 is 1.92 bits per heavy atom. The number of rotatable bonds is 6. The first-order valence-electron chi connectivity index (χ1n) is 3.13. The van der Waals surface area contributed by atoms with Gasteiger partial charge in [-0.3, -0.25) is 0 Å². The molecule has 0 amide bonds. The van der Waals surface area contributed by atoms with Crippen molar-refractivity contribution in [3.8, 4) is 0 Å². The molecule has 0 aromatic carbocycles. The predicted molar refractivity (Wildman–Crippen MR) is 40.7 cm³/mol. The number of halogens is 1. The molecule has 0 N–H and O–H groups in total. The van der Waals surface area contributed by atoms with Crippen molar-refractivity contribution in [2.45, 2.75) is 6.42 Å². The van der Waals surface area contributed by atoms with Crippen LogP contribution in [0.2, 0.25) is 0 Å². The Balaban J connectivity index is 0. The molecule has 0 aliphatic heterocycles. The smallest absolute Gasteiger partial charge is 0.748 e. The van der Waals surface area contributed by atoms with Gasteiger partial charge < -0.3 is 9.29 Å². The summed E-state index contributed by atoms with van der Waals surface area (Å²) in [6.07, 6.45) is 0.239. The third-order valence-electron chi connectivity index (χ3n) is 0.905. The first-order chi connectivity index (χ1) is 5.06. The fraction of sp³-hybridized carbons (Fsp3) is 1.00. The van der Waals surface area contributed by atoms with E-state index in [1.807, 2.05) is 0 Å². The molecule has 0 aromatic heterocycles. The monoisotopic (exact) mass is 224 g/mol. The Hall–Kier alpha value is 1.16. The van der Waals surface area contributed by atoms with Crippen LogP contribution in [0.3, 0.4) is 0 Å². The van der Waals surface area contributed by atoms with Gasteiger partial charge in [0.25, 0.3) is 0 Å². The number of hydrogen-bond acceptors (Lipinski definition) is 4. The van der Waals surface area contributed by atoms with E-state index < -0.39 is 10.1 Å². The van der Waals surface area contributed by atoms with Gasteiger partial charge in [-0.05, 0) is 6.42 Å². The number of alkyl halides is 1. The Bertz CT molecular complexity index is 182. The van der Waals surface area contributed by atoms with Crippen molar-refractivity contribution in [3.05, 3.63) is 0 Å². The molecule has 7 heteroatoms. The third-order valence-corrected chi connectivity index (χ3v) is 1.85. The largest absolute Gasteiger partial charge is 1.00 e. The third kappa shape index (κ3) is 13.7. The number of ether oxygens (including phenoxy) is 1. The van der Waals surface area contributed by atoms with Crippen LogP contribution in [0.25, 0.3) is 0 Å². The van der Waals surface area contributed by atoms with E-state index in [2.05, 4.69) is 0 Å². The SMILES string of the molecule is O=S(=O)([O-])CCCOCCCl.[Na+]. The molecule has 0 atom stereocenters. The van der Waals surface area contributed by atoms with Gasteiger partial charge in [0.05, 0.1) is 16.7 Å². The molecule has 0 radical (unpaired) electrons. The van der Waals surface area contributed by atoms with Crippen LogP contribution in [-0.2, 0) is 14.9 Å². The summed E-state index contributed by atoms with van der Waals surface area (Å²) in [5, 5.41) is 0. The summed E-state index contributed by atoms with van der Waals surface area (Å²) in [6.45, 7) is 0.661. The topological polar surface area (TPSA) is 66.4 Å². The van der Waals surface area contributed by atoms with Gasteiger partial charge in [-0.15, -0.1) is 11.6 Å². The van der Waals surface area contributed by atoms with E-state index in [1.54, 1.807) is 0 Å². The fourth-order valence-electron chi connectivity index (χ4n) is 0.494. The average Bonchev–Trinajstić information content (AvgIpc) is 1.85. The molecule has 0 fully saturated rings. The van der Waals surface area contributed by atoms with Gasteiger partial charge in [0.1, 0.15) is 0 Å². The molecule has 0 rings (SSSR count). The van der Waals surface area contributed by atoms with E-state index in [1.165, 1.54) is 0 Å². The normalized spacial score (nSPS) is 10.8. The Morgan fingerprint density at radius 3 is 2.33 bits per heavy atom. The molecule has 0 heterocycles. The molecule has 0 aliphatic rings. The molecule has 12 heavy (non-hydrogen) atoms. The second-order valence-electron chi connectivity index (χ2n) is 1.92. The zero-order valence-corrected chi connectivity index (χ0v) is 10.5. The Morgan fingerprint density at radius 1 is 1.33 bits per heavy atom. The summed E-state index contributed by atoms with van der Waals surface area (Å²) < 4.78 is 34.9. The van der Waals surface area contributed by atoms with Crippen molar-refractivity contribution in [1.29, 1.82) is 0 Å². The van der Waals surface area contributed by atoms with Gasteiger partial charge in [0.15, 0.2) is 0 Å². The van der Waals surface area contributed by atoms with Crippen LogP contribution in [0.4, 0.5) is 0 Å². The quantitative estimate of drug-likeness (QED) is 0.211. The first-order valence-corrected chi connectivity index (χ1v) is 5.25. The molecule has 0 aliphatic carbocycles. The van der Waals surface area contributed by atoms with Crippen molar-refractivity contribution in [1.82, 2.24) is 0 Å². The second-order valence-corrected chi connectivity index (χ2v) is 3.82.